The predicted molar refractivity (Wildman–Crippen MR) is 91.1 cm³/mol. The average molecular weight is 326 g/mol. The Labute approximate surface area is 137 Å². The second-order valence-corrected chi connectivity index (χ2v) is 7.37. The van der Waals surface area contributed by atoms with Crippen molar-refractivity contribution in [3.8, 4) is 21.9 Å². The van der Waals surface area contributed by atoms with Crippen LogP contribution < -0.4 is 0 Å². The molecule has 1 aliphatic rings. The smallest absolute Gasteiger partial charge is 0.123 e. The van der Waals surface area contributed by atoms with E-state index >= 15 is 0 Å². The first-order valence-corrected chi connectivity index (χ1v) is 8.80. The normalized spacial score (nSPS) is 13.3. The highest BCUT2D eigenvalue weighted by Crippen LogP contribution is 2.43. The van der Waals surface area contributed by atoms with Crippen LogP contribution >= 0.6 is 23.1 Å². The van der Waals surface area contributed by atoms with Crippen molar-refractivity contribution >= 4 is 23.1 Å². The number of aryl methyl sites for hydroxylation is 1. The first-order chi connectivity index (χ1) is 10.7. The standard InChI is InChI=1S/C18H14O2S2/c19-13-9-15(20)14-6-5-11-3-4-12(16-2-1-7-21-16)8-17(11)22-18(14)10-13/h1-4,7-10,19-20H,5-6H2. The number of thiophene rings is 1. The molecule has 2 nitrogen and oxygen atoms in total. The van der Waals surface area contributed by atoms with Crippen LogP contribution in [-0.2, 0) is 12.8 Å². The van der Waals surface area contributed by atoms with Crippen molar-refractivity contribution in [2.24, 2.45) is 0 Å². The molecular weight excluding hydrogens is 312 g/mol. The Hall–Kier alpha value is -1.91. The lowest BCUT2D eigenvalue weighted by Crippen LogP contribution is -1.91. The van der Waals surface area contributed by atoms with E-state index in [4.69, 9.17) is 0 Å². The van der Waals surface area contributed by atoms with Gasteiger partial charge in [-0.25, -0.2) is 0 Å². The van der Waals surface area contributed by atoms with Crippen LogP contribution in [0.4, 0.5) is 0 Å². The number of phenolic OH excluding ortho intramolecular Hbond substituents is 2. The molecular formula is C18H14O2S2. The molecule has 1 aliphatic heterocycles. The molecule has 4 heteroatoms. The van der Waals surface area contributed by atoms with Gasteiger partial charge < -0.3 is 10.2 Å². The Kier molecular flexibility index (Phi) is 3.36. The van der Waals surface area contributed by atoms with Gasteiger partial charge in [-0.05, 0) is 47.5 Å². The highest BCUT2D eigenvalue weighted by atomic mass is 32.2. The van der Waals surface area contributed by atoms with Crippen molar-refractivity contribution in [2.45, 2.75) is 22.6 Å². The third kappa shape index (κ3) is 2.38. The second-order valence-electron chi connectivity index (χ2n) is 5.34. The molecule has 2 aromatic carbocycles. The molecule has 0 unspecified atom stereocenters. The zero-order chi connectivity index (χ0) is 15.1. The summed E-state index contributed by atoms with van der Waals surface area (Å²) in [6.07, 6.45) is 1.69. The summed E-state index contributed by atoms with van der Waals surface area (Å²) in [6, 6.07) is 13.9. The van der Waals surface area contributed by atoms with Gasteiger partial charge >= 0.3 is 0 Å². The Morgan fingerprint density at radius 1 is 0.909 bits per heavy atom. The third-order valence-corrected chi connectivity index (χ3v) is 6.01. The summed E-state index contributed by atoms with van der Waals surface area (Å²) in [5.41, 5.74) is 3.44. The van der Waals surface area contributed by atoms with Crippen LogP contribution in [-0.4, -0.2) is 10.2 Å². The van der Waals surface area contributed by atoms with E-state index in [0.29, 0.717) is 0 Å². The van der Waals surface area contributed by atoms with Gasteiger partial charge in [0.25, 0.3) is 0 Å². The fraction of sp³-hybridized carbons (Fsp3) is 0.111. The van der Waals surface area contributed by atoms with Crippen LogP contribution in [0.5, 0.6) is 11.5 Å². The summed E-state index contributed by atoms with van der Waals surface area (Å²) in [6.45, 7) is 0. The Balaban J connectivity index is 1.80. The molecule has 22 heavy (non-hydrogen) atoms. The molecule has 2 heterocycles. The van der Waals surface area contributed by atoms with Gasteiger partial charge in [-0.1, -0.05) is 30.0 Å². The molecule has 3 aromatic rings. The minimum atomic E-state index is 0.113. The highest BCUT2D eigenvalue weighted by Gasteiger charge is 2.18. The van der Waals surface area contributed by atoms with E-state index in [1.807, 2.05) is 0 Å². The number of phenols is 2. The lowest BCUT2D eigenvalue weighted by atomic mass is 10.0. The van der Waals surface area contributed by atoms with Gasteiger partial charge in [-0.2, -0.15) is 0 Å². The summed E-state index contributed by atoms with van der Waals surface area (Å²) >= 11 is 3.36. The summed E-state index contributed by atoms with van der Waals surface area (Å²) < 4.78 is 0. The number of fused-ring (bicyclic) bond motifs is 2. The number of aromatic hydroxyl groups is 2. The lowest BCUT2D eigenvalue weighted by molar-refractivity contribution is 0.442. The number of benzene rings is 2. The molecule has 0 saturated heterocycles. The highest BCUT2D eigenvalue weighted by molar-refractivity contribution is 7.99. The SMILES string of the molecule is Oc1cc(O)c2c(c1)Sc1cc(-c3cccs3)ccc1CC2. The average Bonchev–Trinajstić information content (AvgIpc) is 2.95. The molecule has 0 aliphatic carbocycles. The van der Waals surface area contributed by atoms with Gasteiger partial charge in [-0.3, -0.25) is 0 Å². The molecule has 110 valence electrons. The number of rotatable bonds is 1. The quantitative estimate of drug-likeness (QED) is 0.655. The second kappa shape index (κ2) is 5.38. The van der Waals surface area contributed by atoms with Crippen molar-refractivity contribution in [2.75, 3.05) is 0 Å². The lowest BCUT2D eigenvalue weighted by Gasteiger charge is -2.09. The van der Waals surface area contributed by atoms with Crippen LogP contribution in [0.25, 0.3) is 10.4 Å². The Bertz CT molecular complexity index is 839. The molecule has 0 radical (unpaired) electrons. The van der Waals surface area contributed by atoms with Crippen molar-refractivity contribution in [1.29, 1.82) is 0 Å². The molecule has 0 atom stereocenters. The van der Waals surface area contributed by atoms with E-state index < -0.39 is 0 Å². The van der Waals surface area contributed by atoms with E-state index in [-0.39, 0.29) is 11.5 Å². The largest absolute Gasteiger partial charge is 0.508 e. The van der Waals surface area contributed by atoms with Gasteiger partial charge in [0.15, 0.2) is 0 Å². The van der Waals surface area contributed by atoms with Gasteiger partial charge in [0, 0.05) is 26.3 Å². The zero-order valence-electron chi connectivity index (χ0n) is 11.7. The summed E-state index contributed by atoms with van der Waals surface area (Å²) in [5, 5.41) is 21.9. The van der Waals surface area contributed by atoms with Crippen molar-refractivity contribution in [1.82, 2.24) is 0 Å². The summed E-state index contributed by atoms with van der Waals surface area (Å²) in [7, 11) is 0. The molecule has 4 rings (SSSR count). The first kappa shape index (κ1) is 13.7. The molecule has 1 aromatic heterocycles. The minimum absolute atomic E-state index is 0.113. The fourth-order valence-electron chi connectivity index (χ4n) is 2.79. The van der Waals surface area contributed by atoms with Crippen LogP contribution in [0.1, 0.15) is 11.1 Å². The van der Waals surface area contributed by atoms with Gasteiger partial charge in [0.2, 0.25) is 0 Å². The summed E-state index contributed by atoms with van der Waals surface area (Å²) in [5.74, 6) is 0.301. The van der Waals surface area contributed by atoms with Crippen molar-refractivity contribution < 1.29 is 10.2 Å². The van der Waals surface area contributed by atoms with Crippen molar-refractivity contribution in [3.05, 3.63) is 59.0 Å². The minimum Gasteiger partial charge on any atom is -0.508 e. The van der Waals surface area contributed by atoms with Crippen molar-refractivity contribution in [3.63, 3.8) is 0 Å². The molecule has 0 spiro atoms. The first-order valence-electron chi connectivity index (χ1n) is 7.10. The molecule has 0 fully saturated rings. The van der Waals surface area contributed by atoms with Crippen LogP contribution in [0.3, 0.4) is 0 Å². The fourth-order valence-corrected chi connectivity index (χ4v) is 4.75. The van der Waals surface area contributed by atoms with E-state index in [2.05, 4.69) is 35.7 Å². The molecule has 0 bridgehead atoms. The van der Waals surface area contributed by atoms with Crippen LogP contribution in [0.15, 0.2) is 57.6 Å². The number of hydrogen-bond donors (Lipinski definition) is 2. The number of hydrogen-bond acceptors (Lipinski definition) is 4. The van der Waals surface area contributed by atoms with Crippen LogP contribution in [0, 0.1) is 0 Å². The van der Waals surface area contributed by atoms with Gasteiger partial charge in [0.05, 0.1) is 0 Å². The maximum Gasteiger partial charge on any atom is 0.123 e. The Morgan fingerprint density at radius 3 is 2.64 bits per heavy atom. The van der Waals surface area contributed by atoms with E-state index in [0.717, 1.165) is 23.3 Å². The molecule has 0 amide bonds. The molecule has 2 N–H and O–H groups in total. The zero-order valence-corrected chi connectivity index (χ0v) is 13.4. The van der Waals surface area contributed by atoms with E-state index in [1.165, 1.54) is 27.0 Å². The topological polar surface area (TPSA) is 40.5 Å². The monoisotopic (exact) mass is 326 g/mol. The third-order valence-electron chi connectivity index (χ3n) is 3.91. The molecule has 0 saturated carbocycles. The Morgan fingerprint density at radius 2 is 1.82 bits per heavy atom. The predicted octanol–water partition coefficient (Wildman–Crippen LogP) is 5.08. The van der Waals surface area contributed by atoms with E-state index in [1.54, 1.807) is 29.2 Å². The maximum atomic E-state index is 10.1. The summed E-state index contributed by atoms with van der Waals surface area (Å²) in [4.78, 5) is 3.40. The van der Waals surface area contributed by atoms with Crippen LogP contribution in [0.2, 0.25) is 0 Å². The van der Waals surface area contributed by atoms with Gasteiger partial charge in [-0.15, -0.1) is 11.3 Å². The maximum absolute atomic E-state index is 10.1. The van der Waals surface area contributed by atoms with E-state index in [9.17, 15) is 10.2 Å². The van der Waals surface area contributed by atoms with Gasteiger partial charge in [0.1, 0.15) is 11.5 Å².